The Morgan fingerprint density at radius 1 is 1.21 bits per heavy atom. The lowest BCUT2D eigenvalue weighted by atomic mass is 9.92. The van der Waals surface area contributed by atoms with Crippen LogP contribution in [0.25, 0.3) is 11.0 Å². The van der Waals surface area contributed by atoms with Crippen LogP contribution in [0, 0.1) is 11.6 Å². The number of hydrogen-bond acceptors (Lipinski definition) is 3. The maximum absolute atomic E-state index is 13.5. The highest BCUT2D eigenvalue weighted by molar-refractivity contribution is 6.05. The number of pyridine rings is 1. The standard InChI is InChI=1S/C21H21F2N3O2/c22-15-8-7-13(10-16(15)23)11-26-12-14(20-18(26)5-3-9-24-20)21(28)25-17-4-1-2-6-19(17)27/h3,5,7-10,12,17,19,27H,1-2,4,6,11H2,(H,25,28)/t17-,19?/m0/s1. The van der Waals surface area contributed by atoms with Crippen LogP contribution >= 0.6 is 0 Å². The molecule has 1 fully saturated rings. The van der Waals surface area contributed by atoms with E-state index in [4.69, 9.17) is 0 Å². The summed E-state index contributed by atoms with van der Waals surface area (Å²) < 4.78 is 28.5. The Kier molecular flexibility index (Phi) is 5.09. The molecule has 4 rings (SSSR count). The summed E-state index contributed by atoms with van der Waals surface area (Å²) >= 11 is 0. The van der Waals surface area contributed by atoms with Gasteiger partial charge in [-0.3, -0.25) is 9.78 Å². The molecule has 1 aliphatic rings. The van der Waals surface area contributed by atoms with Gasteiger partial charge in [0.2, 0.25) is 0 Å². The fraction of sp³-hybridized carbons (Fsp3) is 0.333. The number of aliphatic hydroxyl groups is 1. The Hall–Kier alpha value is -2.80. The molecule has 7 heteroatoms. The Bertz CT molecular complexity index is 1020. The van der Waals surface area contributed by atoms with Crippen LogP contribution in [0.2, 0.25) is 0 Å². The van der Waals surface area contributed by atoms with Crippen LogP contribution in [0.15, 0.2) is 42.7 Å². The molecule has 2 heterocycles. The summed E-state index contributed by atoms with van der Waals surface area (Å²) in [4.78, 5) is 17.2. The van der Waals surface area contributed by atoms with E-state index in [9.17, 15) is 18.7 Å². The summed E-state index contributed by atoms with van der Waals surface area (Å²) in [6.45, 7) is 0.277. The number of benzene rings is 1. The summed E-state index contributed by atoms with van der Waals surface area (Å²) in [6.07, 6.45) is 6.09. The van der Waals surface area contributed by atoms with Crippen LogP contribution in [0.1, 0.15) is 41.6 Å². The van der Waals surface area contributed by atoms with E-state index in [0.29, 0.717) is 23.1 Å². The SMILES string of the molecule is O=C(N[C@H]1CCCCC1O)c1cn(Cc2ccc(F)c(F)c2)c2cccnc12. The fourth-order valence-electron chi connectivity index (χ4n) is 3.78. The highest BCUT2D eigenvalue weighted by atomic mass is 19.2. The van der Waals surface area contributed by atoms with E-state index in [1.54, 1.807) is 23.0 Å². The average Bonchev–Trinajstić information content (AvgIpc) is 3.05. The Morgan fingerprint density at radius 2 is 2.04 bits per heavy atom. The number of amides is 1. The van der Waals surface area contributed by atoms with E-state index in [2.05, 4.69) is 10.3 Å². The van der Waals surface area contributed by atoms with Crippen LogP contribution < -0.4 is 5.32 Å². The molecule has 0 spiro atoms. The number of aliphatic hydroxyl groups excluding tert-OH is 1. The predicted molar refractivity (Wildman–Crippen MR) is 101 cm³/mol. The molecule has 0 radical (unpaired) electrons. The highest BCUT2D eigenvalue weighted by Crippen LogP contribution is 2.23. The van der Waals surface area contributed by atoms with Crippen molar-refractivity contribution < 1.29 is 18.7 Å². The molecule has 1 unspecified atom stereocenters. The molecule has 5 nitrogen and oxygen atoms in total. The summed E-state index contributed by atoms with van der Waals surface area (Å²) in [7, 11) is 0. The normalized spacial score (nSPS) is 19.7. The van der Waals surface area contributed by atoms with Crippen LogP contribution in [0.4, 0.5) is 8.78 Å². The van der Waals surface area contributed by atoms with Gasteiger partial charge in [0.25, 0.3) is 5.91 Å². The predicted octanol–water partition coefficient (Wildman–Crippen LogP) is 3.40. The zero-order valence-corrected chi connectivity index (χ0v) is 15.2. The summed E-state index contributed by atoms with van der Waals surface area (Å²) in [6, 6.07) is 7.07. The number of carbonyl (C=O) groups is 1. The van der Waals surface area contributed by atoms with Crippen molar-refractivity contribution in [1.82, 2.24) is 14.9 Å². The second kappa shape index (κ2) is 7.67. The van der Waals surface area contributed by atoms with Crippen molar-refractivity contribution in [1.29, 1.82) is 0 Å². The number of nitrogens with zero attached hydrogens (tertiary/aromatic N) is 2. The van der Waals surface area contributed by atoms with Gasteiger partial charge in [0, 0.05) is 18.9 Å². The van der Waals surface area contributed by atoms with E-state index >= 15 is 0 Å². The minimum Gasteiger partial charge on any atom is -0.391 e. The molecule has 0 aliphatic heterocycles. The second-order valence-electron chi connectivity index (χ2n) is 7.22. The first-order valence-corrected chi connectivity index (χ1v) is 9.39. The summed E-state index contributed by atoms with van der Waals surface area (Å²) in [5.41, 5.74) is 2.24. The largest absolute Gasteiger partial charge is 0.391 e. The van der Waals surface area contributed by atoms with Gasteiger partial charge in [0.05, 0.1) is 23.2 Å². The van der Waals surface area contributed by atoms with Gasteiger partial charge in [0.15, 0.2) is 11.6 Å². The number of halogens is 2. The molecule has 0 bridgehead atoms. The molecule has 28 heavy (non-hydrogen) atoms. The Balaban J connectivity index is 1.64. The first kappa shape index (κ1) is 18.6. The Labute approximate surface area is 161 Å². The third-order valence-electron chi connectivity index (χ3n) is 5.26. The first-order chi connectivity index (χ1) is 13.5. The van der Waals surface area contributed by atoms with Gasteiger partial charge >= 0.3 is 0 Å². The van der Waals surface area contributed by atoms with Crippen molar-refractivity contribution in [3.05, 3.63) is 65.5 Å². The van der Waals surface area contributed by atoms with E-state index < -0.39 is 17.7 Å². The number of nitrogens with one attached hydrogen (secondary N) is 1. The van der Waals surface area contributed by atoms with E-state index in [-0.39, 0.29) is 18.5 Å². The number of carbonyl (C=O) groups excluding carboxylic acids is 1. The zero-order chi connectivity index (χ0) is 19.7. The molecular formula is C21H21F2N3O2. The van der Waals surface area contributed by atoms with Crippen molar-refractivity contribution in [2.45, 2.75) is 44.4 Å². The van der Waals surface area contributed by atoms with Crippen LogP contribution in [-0.4, -0.2) is 32.7 Å². The quantitative estimate of drug-likeness (QED) is 0.723. The number of aromatic nitrogens is 2. The van der Waals surface area contributed by atoms with Crippen molar-refractivity contribution in [2.75, 3.05) is 0 Å². The topological polar surface area (TPSA) is 67.2 Å². The van der Waals surface area contributed by atoms with Crippen molar-refractivity contribution in [3.8, 4) is 0 Å². The Morgan fingerprint density at radius 3 is 2.82 bits per heavy atom. The maximum atomic E-state index is 13.5. The minimum absolute atomic E-state index is 0.269. The summed E-state index contributed by atoms with van der Waals surface area (Å²) in [5.74, 6) is -2.09. The van der Waals surface area contributed by atoms with Gasteiger partial charge in [-0.1, -0.05) is 18.9 Å². The third-order valence-corrected chi connectivity index (χ3v) is 5.26. The molecule has 2 atom stereocenters. The molecular weight excluding hydrogens is 364 g/mol. The molecule has 1 aromatic carbocycles. The van der Waals surface area contributed by atoms with Gasteiger partial charge in [-0.25, -0.2) is 8.78 Å². The van der Waals surface area contributed by atoms with Gasteiger partial charge in [-0.15, -0.1) is 0 Å². The van der Waals surface area contributed by atoms with Gasteiger partial charge < -0.3 is 15.0 Å². The molecule has 2 aromatic heterocycles. The molecule has 2 N–H and O–H groups in total. The molecule has 3 aromatic rings. The van der Waals surface area contributed by atoms with E-state index in [1.165, 1.54) is 6.07 Å². The fourth-order valence-corrected chi connectivity index (χ4v) is 3.78. The van der Waals surface area contributed by atoms with Crippen LogP contribution in [0.5, 0.6) is 0 Å². The number of rotatable bonds is 4. The molecule has 1 amide bonds. The molecule has 146 valence electrons. The lowest BCUT2D eigenvalue weighted by Gasteiger charge is -2.28. The van der Waals surface area contributed by atoms with Gasteiger partial charge in [0.1, 0.15) is 5.52 Å². The lowest BCUT2D eigenvalue weighted by molar-refractivity contribution is 0.0718. The number of fused-ring (bicyclic) bond motifs is 1. The van der Waals surface area contributed by atoms with Crippen LogP contribution in [-0.2, 0) is 6.54 Å². The second-order valence-corrected chi connectivity index (χ2v) is 7.22. The van der Waals surface area contributed by atoms with E-state index in [1.807, 2.05) is 6.07 Å². The van der Waals surface area contributed by atoms with Crippen molar-refractivity contribution >= 4 is 16.9 Å². The monoisotopic (exact) mass is 385 g/mol. The highest BCUT2D eigenvalue weighted by Gasteiger charge is 2.26. The molecule has 0 saturated heterocycles. The van der Waals surface area contributed by atoms with Crippen LogP contribution in [0.3, 0.4) is 0 Å². The molecule has 1 aliphatic carbocycles. The number of hydrogen-bond donors (Lipinski definition) is 2. The summed E-state index contributed by atoms with van der Waals surface area (Å²) in [5, 5.41) is 13.0. The first-order valence-electron chi connectivity index (χ1n) is 9.39. The van der Waals surface area contributed by atoms with Gasteiger partial charge in [-0.05, 0) is 42.7 Å². The van der Waals surface area contributed by atoms with Crippen molar-refractivity contribution in [3.63, 3.8) is 0 Å². The maximum Gasteiger partial charge on any atom is 0.255 e. The third kappa shape index (κ3) is 3.62. The lowest BCUT2D eigenvalue weighted by Crippen LogP contribution is -2.45. The van der Waals surface area contributed by atoms with Gasteiger partial charge in [-0.2, -0.15) is 0 Å². The smallest absolute Gasteiger partial charge is 0.255 e. The van der Waals surface area contributed by atoms with Crippen molar-refractivity contribution in [2.24, 2.45) is 0 Å². The average molecular weight is 385 g/mol. The van der Waals surface area contributed by atoms with E-state index in [0.717, 1.165) is 36.9 Å². The molecule has 1 saturated carbocycles. The zero-order valence-electron chi connectivity index (χ0n) is 15.2. The minimum atomic E-state index is -0.906.